The molecule has 0 saturated carbocycles. The van der Waals surface area contributed by atoms with Crippen LogP contribution in [0.3, 0.4) is 0 Å². The molecule has 0 bridgehead atoms. The van der Waals surface area contributed by atoms with Crippen molar-refractivity contribution >= 4 is 15.9 Å². The number of amides is 1. The third-order valence-corrected chi connectivity index (χ3v) is 7.03. The smallest absolute Gasteiger partial charge is 0.256 e. The number of halogens is 1. The first kappa shape index (κ1) is 21.3. The summed E-state index contributed by atoms with van der Waals surface area (Å²) in [5, 5.41) is 0. The Morgan fingerprint density at radius 2 is 1.66 bits per heavy atom. The fourth-order valence-electron chi connectivity index (χ4n) is 3.27. The number of rotatable bonds is 5. The molecule has 6 nitrogen and oxygen atoms in total. The van der Waals surface area contributed by atoms with E-state index >= 15 is 0 Å². The van der Waals surface area contributed by atoms with E-state index in [0.29, 0.717) is 11.7 Å². The molecule has 0 spiro atoms. The van der Waals surface area contributed by atoms with Crippen molar-refractivity contribution in [3.8, 4) is 5.75 Å². The van der Waals surface area contributed by atoms with Crippen molar-refractivity contribution in [1.82, 2.24) is 9.21 Å². The first-order chi connectivity index (χ1) is 13.7. The van der Waals surface area contributed by atoms with E-state index in [-0.39, 0.29) is 36.6 Å². The molecule has 0 aliphatic carbocycles. The Kier molecular flexibility index (Phi) is 6.24. The molecule has 29 heavy (non-hydrogen) atoms. The van der Waals surface area contributed by atoms with Crippen LogP contribution in [0.15, 0.2) is 47.4 Å². The Labute approximate surface area is 170 Å². The van der Waals surface area contributed by atoms with Gasteiger partial charge in [-0.05, 0) is 35.7 Å². The minimum absolute atomic E-state index is 0.0496. The molecule has 2 aromatic rings. The van der Waals surface area contributed by atoms with E-state index in [4.69, 9.17) is 4.74 Å². The van der Waals surface area contributed by atoms with Crippen LogP contribution >= 0.6 is 0 Å². The maximum atomic E-state index is 14.2. The maximum absolute atomic E-state index is 14.2. The van der Waals surface area contributed by atoms with Crippen LogP contribution in [0, 0.1) is 5.82 Å². The molecule has 3 rings (SSSR count). The molecule has 0 aromatic heterocycles. The number of nitrogens with zero attached hydrogens (tertiary/aromatic N) is 2. The van der Waals surface area contributed by atoms with Gasteiger partial charge in [0.2, 0.25) is 10.0 Å². The number of sulfonamides is 1. The standard InChI is InChI=1S/C21H25FN2O4S/c1-15(2)16-4-7-18(8-5-16)29(26,27)24-12-10-23(11-13-24)21(25)19-9-6-17(28-3)14-20(19)22/h4-9,14-15H,10-13H2,1-3H3. The monoisotopic (exact) mass is 420 g/mol. The Morgan fingerprint density at radius 3 is 2.17 bits per heavy atom. The van der Waals surface area contributed by atoms with Gasteiger partial charge in [-0.25, -0.2) is 12.8 Å². The molecule has 156 valence electrons. The third-order valence-electron chi connectivity index (χ3n) is 5.12. The molecule has 0 radical (unpaired) electrons. The van der Waals surface area contributed by atoms with Crippen molar-refractivity contribution in [3.63, 3.8) is 0 Å². The van der Waals surface area contributed by atoms with Crippen LogP contribution in [0.2, 0.25) is 0 Å². The van der Waals surface area contributed by atoms with E-state index in [0.717, 1.165) is 11.6 Å². The normalized spacial score (nSPS) is 15.6. The molecule has 8 heteroatoms. The summed E-state index contributed by atoms with van der Waals surface area (Å²) in [6.07, 6.45) is 0. The van der Waals surface area contributed by atoms with E-state index in [1.54, 1.807) is 12.1 Å². The van der Waals surface area contributed by atoms with Gasteiger partial charge in [-0.1, -0.05) is 26.0 Å². The lowest BCUT2D eigenvalue weighted by Crippen LogP contribution is -2.50. The quantitative estimate of drug-likeness (QED) is 0.746. The summed E-state index contributed by atoms with van der Waals surface area (Å²) in [5.41, 5.74) is 1.02. The van der Waals surface area contributed by atoms with Gasteiger partial charge in [0, 0.05) is 32.2 Å². The number of carbonyl (C=O) groups excluding carboxylic acids is 1. The lowest BCUT2D eigenvalue weighted by Gasteiger charge is -2.34. The lowest BCUT2D eigenvalue weighted by molar-refractivity contribution is 0.0693. The molecule has 1 saturated heterocycles. The predicted molar refractivity (Wildman–Crippen MR) is 108 cm³/mol. The molecule has 0 atom stereocenters. The summed E-state index contributed by atoms with van der Waals surface area (Å²) in [7, 11) is -2.21. The van der Waals surface area contributed by atoms with Crippen molar-refractivity contribution in [2.75, 3.05) is 33.3 Å². The predicted octanol–water partition coefficient (Wildman–Crippen LogP) is 3.10. The van der Waals surface area contributed by atoms with Gasteiger partial charge in [-0.2, -0.15) is 4.31 Å². The minimum Gasteiger partial charge on any atom is -0.497 e. The SMILES string of the molecule is COc1ccc(C(=O)N2CCN(S(=O)(=O)c3ccc(C(C)C)cc3)CC2)c(F)c1. The molecule has 1 fully saturated rings. The fraction of sp³-hybridized carbons (Fsp3) is 0.381. The van der Waals surface area contributed by atoms with Gasteiger partial charge < -0.3 is 9.64 Å². The molecule has 1 aliphatic heterocycles. The van der Waals surface area contributed by atoms with Gasteiger partial charge in [-0.3, -0.25) is 4.79 Å². The molecular formula is C21H25FN2O4S. The van der Waals surface area contributed by atoms with Gasteiger partial charge in [-0.15, -0.1) is 0 Å². The molecule has 1 heterocycles. The molecule has 0 unspecified atom stereocenters. The number of carbonyl (C=O) groups is 1. The average molecular weight is 421 g/mol. The topological polar surface area (TPSA) is 66.9 Å². The van der Waals surface area contributed by atoms with E-state index in [2.05, 4.69) is 0 Å². The summed E-state index contributed by atoms with van der Waals surface area (Å²) >= 11 is 0. The number of benzene rings is 2. The van der Waals surface area contributed by atoms with Gasteiger partial charge in [0.15, 0.2) is 0 Å². The van der Waals surface area contributed by atoms with Crippen molar-refractivity contribution < 1.29 is 22.3 Å². The summed E-state index contributed by atoms with van der Waals surface area (Å²) in [6, 6.07) is 11.0. The Balaban J connectivity index is 1.68. The summed E-state index contributed by atoms with van der Waals surface area (Å²) in [6.45, 7) is 4.83. The number of ether oxygens (including phenoxy) is 1. The molecule has 2 aromatic carbocycles. The van der Waals surface area contributed by atoms with Gasteiger partial charge >= 0.3 is 0 Å². The van der Waals surface area contributed by atoms with Gasteiger partial charge in [0.25, 0.3) is 5.91 Å². The zero-order chi connectivity index (χ0) is 21.2. The lowest BCUT2D eigenvalue weighted by atomic mass is 10.0. The first-order valence-corrected chi connectivity index (χ1v) is 10.9. The number of methoxy groups -OCH3 is 1. The van der Waals surface area contributed by atoms with E-state index < -0.39 is 21.7 Å². The Bertz CT molecular complexity index is 982. The molecule has 1 aliphatic rings. The molecule has 1 amide bonds. The highest BCUT2D eigenvalue weighted by molar-refractivity contribution is 7.89. The van der Waals surface area contributed by atoms with Crippen molar-refractivity contribution in [2.45, 2.75) is 24.7 Å². The van der Waals surface area contributed by atoms with Crippen LogP contribution in [0.25, 0.3) is 0 Å². The largest absolute Gasteiger partial charge is 0.497 e. The van der Waals surface area contributed by atoms with Crippen LogP contribution in [-0.2, 0) is 10.0 Å². The fourth-order valence-corrected chi connectivity index (χ4v) is 4.69. The summed E-state index contributed by atoms with van der Waals surface area (Å²) in [4.78, 5) is 14.3. The molecular weight excluding hydrogens is 395 g/mol. The van der Waals surface area contributed by atoms with E-state index in [1.807, 2.05) is 26.0 Å². The summed E-state index contributed by atoms with van der Waals surface area (Å²) < 4.78 is 46.3. The minimum atomic E-state index is -3.63. The van der Waals surface area contributed by atoms with Crippen molar-refractivity contribution in [1.29, 1.82) is 0 Å². The van der Waals surface area contributed by atoms with E-state index in [1.165, 1.54) is 28.4 Å². The highest BCUT2D eigenvalue weighted by Gasteiger charge is 2.31. The van der Waals surface area contributed by atoms with Gasteiger partial charge in [0.05, 0.1) is 17.6 Å². The zero-order valence-corrected chi connectivity index (χ0v) is 17.6. The Morgan fingerprint density at radius 1 is 1.03 bits per heavy atom. The highest BCUT2D eigenvalue weighted by Crippen LogP contribution is 2.23. The van der Waals surface area contributed by atoms with Crippen LogP contribution in [0.5, 0.6) is 5.75 Å². The van der Waals surface area contributed by atoms with Crippen LogP contribution in [0.4, 0.5) is 4.39 Å². The number of piperazine rings is 1. The second-order valence-electron chi connectivity index (χ2n) is 7.27. The second-order valence-corrected chi connectivity index (χ2v) is 9.20. The Hall–Kier alpha value is -2.45. The second kappa shape index (κ2) is 8.51. The van der Waals surface area contributed by atoms with E-state index in [9.17, 15) is 17.6 Å². The number of hydrogen-bond donors (Lipinski definition) is 0. The molecule has 0 N–H and O–H groups in total. The summed E-state index contributed by atoms with van der Waals surface area (Å²) in [5.74, 6) is -0.462. The average Bonchev–Trinajstić information content (AvgIpc) is 2.73. The maximum Gasteiger partial charge on any atom is 0.256 e. The third kappa shape index (κ3) is 4.43. The van der Waals surface area contributed by atoms with Crippen molar-refractivity contribution in [2.24, 2.45) is 0 Å². The van der Waals surface area contributed by atoms with Gasteiger partial charge in [0.1, 0.15) is 11.6 Å². The van der Waals surface area contributed by atoms with Crippen LogP contribution in [-0.4, -0.2) is 56.8 Å². The zero-order valence-electron chi connectivity index (χ0n) is 16.8. The van der Waals surface area contributed by atoms with Crippen molar-refractivity contribution in [3.05, 3.63) is 59.4 Å². The highest BCUT2D eigenvalue weighted by atomic mass is 32.2. The first-order valence-electron chi connectivity index (χ1n) is 9.47. The van der Waals surface area contributed by atoms with Crippen LogP contribution in [0.1, 0.15) is 35.7 Å². The van der Waals surface area contributed by atoms with Crippen LogP contribution < -0.4 is 4.74 Å². The number of hydrogen-bond acceptors (Lipinski definition) is 4.